The van der Waals surface area contributed by atoms with Crippen molar-refractivity contribution in [3.63, 3.8) is 0 Å². The van der Waals surface area contributed by atoms with Gasteiger partial charge in [-0.3, -0.25) is 0 Å². The van der Waals surface area contributed by atoms with Crippen LogP contribution in [-0.2, 0) is 10.0 Å². The largest absolute Gasteiger partial charge is 0.497 e. The van der Waals surface area contributed by atoms with Crippen molar-refractivity contribution >= 4 is 16.0 Å². The zero-order valence-electron chi connectivity index (χ0n) is 14.2. The van der Waals surface area contributed by atoms with Crippen molar-refractivity contribution in [1.29, 1.82) is 0 Å². The summed E-state index contributed by atoms with van der Waals surface area (Å²) in [6.45, 7) is 0. The number of aromatic carboxylic acids is 1. The molecule has 0 radical (unpaired) electrons. The van der Waals surface area contributed by atoms with Gasteiger partial charge in [0.05, 0.1) is 18.4 Å². The first kappa shape index (κ1) is 18.5. The number of hydrogen-bond donors (Lipinski definition) is 2. The van der Waals surface area contributed by atoms with Crippen molar-refractivity contribution < 1.29 is 27.8 Å². The van der Waals surface area contributed by atoms with Gasteiger partial charge in [-0.1, -0.05) is 0 Å². The molecule has 0 amide bonds. The van der Waals surface area contributed by atoms with Crippen LogP contribution in [0, 0.1) is 0 Å². The second-order valence-corrected chi connectivity index (χ2v) is 7.07. The van der Waals surface area contributed by atoms with Crippen LogP contribution >= 0.6 is 0 Å². The number of carbonyl (C=O) groups is 1. The second kappa shape index (κ2) is 7.14. The van der Waals surface area contributed by atoms with Gasteiger partial charge in [-0.15, -0.1) is 0 Å². The molecule has 9 heteroatoms. The molecular formula is C18H16N2O6S. The van der Waals surface area contributed by atoms with Crippen LogP contribution < -0.4 is 14.6 Å². The van der Waals surface area contributed by atoms with E-state index >= 15 is 0 Å². The third kappa shape index (κ3) is 3.94. The van der Waals surface area contributed by atoms with Crippen LogP contribution in [-0.4, -0.2) is 31.2 Å². The summed E-state index contributed by atoms with van der Waals surface area (Å²) in [6.07, 6.45) is 3.27. The molecule has 3 N–H and O–H groups in total. The molecule has 0 aliphatic carbocycles. The molecule has 0 atom stereocenters. The number of carboxylic acid groups (broad SMARTS) is 1. The third-order valence-electron chi connectivity index (χ3n) is 3.75. The molecule has 3 aromatic rings. The minimum Gasteiger partial charge on any atom is -0.497 e. The van der Waals surface area contributed by atoms with E-state index in [1.165, 1.54) is 13.2 Å². The summed E-state index contributed by atoms with van der Waals surface area (Å²) in [5.74, 6) is -0.439. The zero-order chi connectivity index (χ0) is 19.6. The normalized spacial score (nSPS) is 11.2. The van der Waals surface area contributed by atoms with E-state index < -0.39 is 20.9 Å². The molecule has 8 nitrogen and oxygen atoms in total. The highest BCUT2D eigenvalue weighted by molar-refractivity contribution is 7.89. The Morgan fingerprint density at radius 3 is 2.19 bits per heavy atom. The Hall–Kier alpha value is -3.30. The number of ether oxygens (including phenoxy) is 2. The number of methoxy groups -OCH3 is 1. The molecule has 1 aromatic heterocycles. The fraction of sp³-hybridized carbons (Fsp3) is 0.0556. The van der Waals surface area contributed by atoms with E-state index in [0.717, 1.165) is 6.07 Å². The highest BCUT2D eigenvalue weighted by Crippen LogP contribution is 2.36. The van der Waals surface area contributed by atoms with E-state index in [9.17, 15) is 18.3 Å². The molecule has 0 unspecified atom stereocenters. The Morgan fingerprint density at radius 1 is 1.07 bits per heavy atom. The summed E-state index contributed by atoms with van der Waals surface area (Å²) in [5, 5.41) is 14.7. The number of sulfonamides is 1. The van der Waals surface area contributed by atoms with Crippen LogP contribution in [0.3, 0.4) is 0 Å². The minimum atomic E-state index is -4.26. The van der Waals surface area contributed by atoms with Crippen LogP contribution in [0.25, 0.3) is 5.69 Å². The van der Waals surface area contributed by atoms with E-state index in [0.29, 0.717) is 11.5 Å². The number of hydrogen-bond acceptors (Lipinski definition) is 5. The van der Waals surface area contributed by atoms with Crippen LogP contribution in [0.1, 0.15) is 10.4 Å². The first-order chi connectivity index (χ1) is 12.8. The number of nitrogens with two attached hydrogens (primary N) is 1. The number of carboxylic acids is 1. The number of benzene rings is 2. The van der Waals surface area contributed by atoms with Crippen LogP contribution in [0.2, 0.25) is 0 Å². The first-order valence-corrected chi connectivity index (χ1v) is 9.23. The van der Waals surface area contributed by atoms with Gasteiger partial charge in [0, 0.05) is 12.4 Å². The maximum absolute atomic E-state index is 12.1. The van der Waals surface area contributed by atoms with Crippen molar-refractivity contribution in [3.05, 3.63) is 66.5 Å². The standard InChI is InChI=1S/C18H16N2O6S/c1-25-13-4-6-14(7-5-13)26-17-15(20-8-2-3-9-20)10-12(18(21)22)11-16(17)27(19,23)24/h2-11H,1H3,(H,21,22)(H2,19,23,24). The molecule has 3 rings (SSSR count). The highest BCUT2D eigenvalue weighted by atomic mass is 32.2. The Labute approximate surface area is 155 Å². The smallest absolute Gasteiger partial charge is 0.335 e. The monoisotopic (exact) mass is 388 g/mol. The number of rotatable bonds is 6. The third-order valence-corrected chi connectivity index (χ3v) is 4.67. The average molecular weight is 388 g/mol. The van der Waals surface area contributed by atoms with Gasteiger partial charge >= 0.3 is 5.97 Å². The molecule has 0 fully saturated rings. The van der Waals surface area contributed by atoms with Crippen molar-refractivity contribution in [3.8, 4) is 22.9 Å². The Balaban J connectivity index is 2.23. The van der Waals surface area contributed by atoms with E-state index in [4.69, 9.17) is 14.6 Å². The minimum absolute atomic E-state index is 0.0798. The van der Waals surface area contributed by atoms with Crippen LogP contribution in [0.15, 0.2) is 65.8 Å². The lowest BCUT2D eigenvalue weighted by Crippen LogP contribution is -2.16. The summed E-state index contributed by atoms with van der Waals surface area (Å²) >= 11 is 0. The predicted molar refractivity (Wildman–Crippen MR) is 97.2 cm³/mol. The van der Waals surface area contributed by atoms with Crippen molar-refractivity contribution in [2.75, 3.05) is 7.11 Å². The van der Waals surface area contributed by atoms with Crippen molar-refractivity contribution in [2.24, 2.45) is 5.14 Å². The van der Waals surface area contributed by atoms with Gasteiger partial charge in [0.2, 0.25) is 10.0 Å². The van der Waals surface area contributed by atoms with Crippen LogP contribution in [0.4, 0.5) is 0 Å². The second-order valence-electron chi connectivity index (χ2n) is 5.54. The topological polar surface area (TPSA) is 121 Å². The molecule has 0 saturated carbocycles. The molecule has 0 bridgehead atoms. The Morgan fingerprint density at radius 2 is 1.67 bits per heavy atom. The number of nitrogens with zero attached hydrogens (tertiary/aromatic N) is 1. The Bertz CT molecular complexity index is 1070. The molecule has 0 aliphatic heterocycles. The van der Waals surface area contributed by atoms with Crippen molar-refractivity contribution in [2.45, 2.75) is 4.90 Å². The maximum atomic E-state index is 12.1. The van der Waals surface area contributed by atoms with Gasteiger partial charge in [-0.05, 0) is 48.5 Å². The van der Waals surface area contributed by atoms with Crippen molar-refractivity contribution in [1.82, 2.24) is 4.57 Å². The Kier molecular flexibility index (Phi) is 4.89. The predicted octanol–water partition coefficient (Wildman–Crippen LogP) is 2.62. The fourth-order valence-electron chi connectivity index (χ4n) is 2.47. The molecule has 0 aliphatic rings. The molecule has 0 spiro atoms. The SMILES string of the molecule is COc1ccc(Oc2c(-n3cccc3)cc(C(=O)O)cc2S(N)(=O)=O)cc1. The van der Waals surface area contributed by atoms with Gasteiger partial charge in [0.25, 0.3) is 0 Å². The summed E-state index contributed by atoms with van der Waals surface area (Å²) in [7, 11) is -2.74. The fourth-order valence-corrected chi connectivity index (χ4v) is 3.17. The van der Waals surface area contributed by atoms with E-state index in [2.05, 4.69) is 0 Å². The van der Waals surface area contributed by atoms with Gasteiger partial charge in [0.1, 0.15) is 16.4 Å². The molecule has 27 heavy (non-hydrogen) atoms. The molecule has 2 aromatic carbocycles. The lowest BCUT2D eigenvalue weighted by atomic mass is 10.2. The maximum Gasteiger partial charge on any atom is 0.335 e. The summed E-state index contributed by atoms with van der Waals surface area (Å²) in [4.78, 5) is 11.0. The highest BCUT2D eigenvalue weighted by Gasteiger charge is 2.24. The zero-order valence-corrected chi connectivity index (χ0v) is 15.0. The molecular weight excluding hydrogens is 372 g/mol. The lowest BCUT2D eigenvalue weighted by Gasteiger charge is -2.17. The van der Waals surface area contributed by atoms with E-state index in [1.807, 2.05) is 0 Å². The van der Waals surface area contributed by atoms with Gasteiger partial charge < -0.3 is 19.1 Å². The quantitative estimate of drug-likeness (QED) is 0.670. The summed E-state index contributed by atoms with van der Waals surface area (Å²) in [5.41, 5.74) is -0.00968. The van der Waals surface area contributed by atoms with Gasteiger partial charge in [-0.25, -0.2) is 18.4 Å². The van der Waals surface area contributed by atoms with E-state index in [-0.39, 0.29) is 17.0 Å². The lowest BCUT2D eigenvalue weighted by molar-refractivity contribution is 0.0696. The molecule has 0 saturated heterocycles. The van der Waals surface area contributed by atoms with Crippen LogP contribution in [0.5, 0.6) is 17.2 Å². The molecule has 140 valence electrons. The first-order valence-electron chi connectivity index (χ1n) is 7.69. The number of primary sulfonamides is 1. The summed E-state index contributed by atoms with van der Waals surface area (Å²) < 4.78 is 36.7. The van der Waals surface area contributed by atoms with E-state index in [1.54, 1.807) is 53.4 Å². The van der Waals surface area contributed by atoms with Gasteiger partial charge in [-0.2, -0.15) is 0 Å². The molecule has 1 heterocycles. The summed E-state index contributed by atoms with van der Waals surface area (Å²) in [6, 6.07) is 12.2. The van der Waals surface area contributed by atoms with Gasteiger partial charge in [0.15, 0.2) is 5.75 Å². The number of aromatic nitrogens is 1. The average Bonchev–Trinajstić information content (AvgIpc) is 3.15.